The van der Waals surface area contributed by atoms with Gasteiger partial charge in [0.1, 0.15) is 5.82 Å². The summed E-state index contributed by atoms with van der Waals surface area (Å²) in [4.78, 5) is 4.32. The number of aromatic nitrogens is 3. The van der Waals surface area contributed by atoms with Crippen LogP contribution in [0.1, 0.15) is 24.1 Å². The smallest absolute Gasteiger partial charge is 0.243 e. The third-order valence-electron chi connectivity index (χ3n) is 3.30. The molecule has 0 amide bonds. The number of rotatable bonds is 3. The SMILES string of the molecule is Cc1ccccc1C(C)Nc1nc2ccc(F)cn2n1. The van der Waals surface area contributed by atoms with Crippen molar-refractivity contribution in [3.8, 4) is 0 Å². The molecule has 3 rings (SSSR count). The number of benzene rings is 1. The first kappa shape index (κ1) is 12.6. The van der Waals surface area contributed by atoms with Gasteiger partial charge in [-0.2, -0.15) is 4.98 Å². The van der Waals surface area contributed by atoms with Crippen LogP contribution >= 0.6 is 0 Å². The zero-order valence-corrected chi connectivity index (χ0v) is 11.3. The van der Waals surface area contributed by atoms with Gasteiger partial charge in [-0.05, 0) is 37.1 Å². The number of nitrogens with zero attached hydrogens (tertiary/aromatic N) is 3. The summed E-state index contributed by atoms with van der Waals surface area (Å²) in [6.07, 6.45) is 1.31. The fourth-order valence-electron chi connectivity index (χ4n) is 2.26. The molecule has 5 heteroatoms. The molecule has 1 aromatic carbocycles. The van der Waals surface area contributed by atoms with E-state index in [1.54, 1.807) is 6.07 Å². The quantitative estimate of drug-likeness (QED) is 0.793. The second-order valence-corrected chi connectivity index (χ2v) is 4.81. The summed E-state index contributed by atoms with van der Waals surface area (Å²) in [6.45, 7) is 4.12. The maximum absolute atomic E-state index is 13.1. The topological polar surface area (TPSA) is 42.2 Å². The van der Waals surface area contributed by atoms with Crippen molar-refractivity contribution < 1.29 is 4.39 Å². The highest BCUT2D eigenvalue weighted by Gasteiger charge is 2.11. The van der Waals surface area contributed by atoms with Crippen molar-refractivity contribution >= 4 is 11.6 Å². The monoisotopic (exact) mass is 270 g/mol. The van der Waals surface area contributed by atoms with Crippen molar-refractivity contribution in [3.63, 3.8) is 0 Å². The normalized spacial score (nSPS) is 12.6. The zero-order valence-electron chi connectivity index (χ0n) is 11.3. The molecule has 20 heavy (non-hydrogen) atoms. The largest absolute Gasteiger partial charge is 0.346 e. The summed E-state index contributed by atoms with van der Waals surface area (Å²) in [5.41, 5.74) is 3.02. The van der Waals surface area contributed by atoms with E-state index in [0.29, 0.717) is 11.6 Å². The molecular weight excluding hydrogens is 255 g/mol. The number of pyridine rings is 1. The van der Waals surface area contributed by atoms with E-state index in [0.717, 1.165) is 0 Å². The molecule has 1 atom stereocenters. The lowest BCUT2D eigenvalue weighted by Crippen LogP contribution is -2.09. The van der Waals surface area contributed by atoms with E-state index >= 15 is 0 Å². The van der Waals surface area contributed by atoms with E-state index in [9.17, 15) is 4.39 Å². The molecule has 0 radical (unpaired) electrons. The average Bonchev–Trinajstić information content (AvgIpc) is 2.80. The van der Waals surface area contributed by atoms with Gasteiger partial charge in [-0.3, -0.25) is 0 Å². The molecule has 0 fully saturated rings. The van der Waals surface area contributed by atoms with Crippen molar-refractivity contribution in [2.45, 2.75) is 19.9 Å². The number of halogens is 1. The highest BCUT2D eigenvalue weighted by atomic mass is 19.1. The molecule has 0 aliphatic carbocycles. The molecule has 2 aromatic heterocycles. The minimum atomic E-state index is -0.332. The van der Waals surface area contributed by atoms with Crippen LogP contribution in [-0.2, 0) is 0 Å². The minimum Gasteiger partial charge on any atom is -0.346 e. The molecule has 1 unspecified atom stereocenters. The van der Waals surface area contributed by atoms with Crippen LogP contribution < -0.4 is 5.32 Å². The number of anilines is 1. The van der Waals surface area contributed by atoms with E-state index in [-0.39, 0.29) is 11.9 Å². The third-order valence-corrected chi connectivity index (χ3v) is 3.30. The van der Waals surface area contributed by atoms with Gasteiger partial charge >= 0.3 is 0 Å². The number of hydrogen-bond donors (Lipinski definition) is 1. The summed E-state index contributed by atoms with van der Waals surface area (Å²) < 4.78 is 14.6. The van der Waals surface area contributed by atoms with E-state index in [1.165, 1.54) is 27.9 Å². The average molecular weight is 270 g/mol. The Balaban J connectivity index is 1.87. The van der Waals surface area contributed by atoms with Crippen LogP contribution in [0.2, 0.25) is 0 Å². The Morgan fingerprint density at radius 1 is 1.20 bits per heavy atom. The van der Waals surface area contributed by atoms with Gasteiger partial charge in [0.15, 0.2) is 5.65 Å². The maximum atomic E-state index is 13.1. The first-order valence-electron chi connectivity index (χ1n) is 6.47. The van der Waals surface area contributed by atoms with Gasteiger partial charge in [-0.15, -0.1) is 5.10 Å². The highest BCUT2D eigenvalue weighted by molar-refractivity contribution is 5.44. The summed E-state index contributed by atoms with van der Waals surface area (Å²) in [7, 11) is 0. The third kappa shape index (κ3) is 2.34. The fourth-order valence-corrected chi connectivity index (χ4v) is 2.26. The molecule has 0 bridgehead atoms. The van der Waals surface area contributed by atoms with Crippen molar-refractivity contribution in [1.29, 1.82) is 0 Å². The molecule has 102 valence electrons. The van der Waals surface area contributed by atoms with Crippen LogP contribution in [0, 0.1) is 12.7 Å². The Morgan fingerprint density at radius 3 is 2.80 bits per heavy atom. The van der Waals surface area contributed by atoms with E-state index in [4.69, 9.17) is 0 Å². The molecule has 0 aliphatic rings. The first-order valence-corrected chi connectivity index (χ1v) is 6.47. The van der Waals surface area contributed by atoms with Crippen LogP contribution in [0.5, 0.6) is 0 Å². The Morgan fingerprint density at radius 2 is 2.00 bits per heavy atom. The van der Waals surface area contributed by atoms with Gasteiger partial charge in [0.05, 0.1) is 12.2 Å². The molecule has 1 N–H and O–H groups in total. The van der Waals surface area contributed by atoms with Crippen molar-refractivity contribution in [2.24, 2.45) is 0 Å². The number of hydrogen-bond acceptors (Lipinski definition) is 3. The first-order chi connectivity index (χ1) is 9.63. The van der Waals surface area contributed by atoms with Crippen molar-refractivity contribution in [3.05, 3.63) is 59.5 Å². The van der Waals surface area contributed by atoms with E-state index < -0.39 is 0 Å². The van der Waals surface area contributed by atoms with Gasteiger partial charge in [-0.1, -0.05) is 24.3 Å². The lowest BCUT2D eigenvalue weighted by molar-refractivity contribution is 0.614. The molecule has 4 nitrogen and oxygen atoms in total. The predicted molar refractivity (Wildman–Crippen MR) is 76.2 cm³/mol. The van der Waals surface area contributed by atoms with Gasteiger partial charge < -0.3 is 5.32 Å². The van der Waals surface area contributed by atoms with Crippen LogP contribution in [0.3, 0.4) is 0 Å². The number of fused-ring (bicyclic) bond motifs is 1. The van der Waals surface area contributed by atoms with Crippen molar-refractivity contribution in [1.82, 2.24) is 14.6 Å². The molecule has 3 aromatic rings. The molecule has 2 heterocycles. The Labute approximate surface area is 116 Å². The standard InChI is InChI=1S/C15H15FN4/c1-10-5-3-4-6-13(10)11(2)17-15-18-14-8-7-12(16)9-20(14)19-15/h3-9,11H,1-2H3,(H,17,19). The summed E-state index contributed by atoms with van der Waals surface area (Å²) >= 11 is 0. The van der Waals surface area contributed by atoms with Gasteiger partial charge in [-0.25, -0.2) is 8.91 Å². The fraction of sp³-hybridized carbons (Fsp3) is 0.200. The Kier molecular flexibility index (Phi) is 3.10. The minimum absolute atomic E-state index is 0.0819. The highest BCUT2D eigenvalue weighted by Crippen LogP contribution is 2.20. The van der Waals surface area contributed by atoms with Gasteiger partial charge in [0, 0.05) is 0 Å². The van der Waals surface area contributed by atoms with E-state index in [1.807, 2.05) is 12.1 Å². The lowest BCUT2D eigenvalue weighted by atomic mass is 10.0. The van der Waals surface area contributed by atoms with Gasteiger partial charge in [0.2, 0.25) is 5.95 Å². The second-order valence-electron chi connectivity index (χ2n) is 4.81. The molecule has 0 aliphatic heterocycles. The molecular formula is C15H15FN4. The van der Waals surface area contributed by atoms with Crippen molar-refractivity contribution in [2.75, 3.05) is 5.32 Å². The van der Waals surface area contributed by atoms with Crippen LogP contribution in [0.4, 0.5) is 10.3 Å². The molecule has 0 saturated carbocycles. The molecule has 0 spiro atoms. The number of nitrogens with one attached hydrogen (secondary N) is 1. The van der Waals surface area contributed by atoms with E-state index in [2.05, 4.69) is 41.4 Å². The van der Waals surface area contributed by atoms with Crippen LogP contribution in [0.15, 0.2) is 42.6 Å². The zero-order chi connectivity index (χ0) is 14.1. The van der Waals surface area contributed by atoms with Gasteiger partial charge in [0.25, 0.3) is 0 Å². The maximum Gasteiger partial charge on any atom is 0.243 e. The summed E-state index contributed by atoms with van der Waals surface area (Å²) in [5.74, 6) is 0.159. The van der Waals surface area contributed by atoms with Crippen LogP contribution in [0.25, 0.3) is 5.65 Å². The molecule has 0 saturated heterocycles. The summed E-state index contributed by atoms with van der Waals surface area (Å²) in [5, 5.41) is 7.47. The lowest BCUT2D eigenvalue weighted by Gasteiger charge is -2.14. The number of aryl methyl sites for hydroxylation is 1. The predicted octanol–water partition coefficient (Wildman–Crippen LogP) is 3.35. The summed E-state index contributed by atoms with van der Waals surface area (Å²) in [6, 6.07) is 11.2. The Hall–Kier alpha value is -2.43. The van der Waals surface area contributed by atoms with Crippen LogP contribution in [-0.4, -0.2) is 14.6 Å². The Bertz CT molecular complexity index is 750. The second kappa shape index (κ2) is 4.92.